The van der Waals surface area contributed by atoms with Crippen LogP contribution in [0.3, 0.4) is 0 Å². The monoisotopic (exact) mass is 494 g/mol. The Morgan fingerprint density at radius 3 is 2.75 bits per heavy atom. The van der Waals surface area contributed by atoms with E-state index in [-0.39, 0.29) is 17.8 Å². The predicted octanol–water partition coefficient (Wildman–Crippen LogP) is 3.39. The maximum absolute atomic E-state index is 14.2. The lowest BCUT2D eigenvalue weighted by molar-refractivity contribution is 0.171. The van der Waals surface area contributed by atoms with Gasteiger partial charge in [-0.1, -0.05) is 0 Å². The molecule has 0 amide bonds. The van der Waals surface area contributed by atoms with Crippen molar-refractivity contribution in [3.05, 3.63) is 59.6 Å². The maximum atomic E-state index is 14.2. The van der Waals surface area contributed by atoms with Gasteiger partial charge in [-0.15, -0.1) is 0 Å². The molecule has 8 nitrogen and oxygen atoms in total. The minimum absolute atomic E-state index is 0.0564. The van der Waals surface area contributed by atoms with Gasteiger partial charge in [0.25, 0.3) is 0 Å². The molecular formula is C25H25F3N8. The second-order valence-electron chi connectivity index (χ2n) is 9.55. The van der Waals surface area contributed by atoms with Crippen LogP contribution >= 0.6 is 0 Å². The van der Waals surface area contributed by atoms with Gasteiger partial charge < -0.3 is 16.0 Å². The summed E-state index contributed by atoms with van der Waals surface area (Å²) in [5, 5.41) is 2.78. The number of hydrogen-bond acceptors (Lipinski definition) is 8. The molecule has 0 spiro atoms. The van der Waals surface area contributed by atoms with E-state index in [1.165, 1.54) is 5.57 Å². The van der Waals surface area contributed by atoms with Crippen LogP contribution in [0.4, 0.5) is 24.8 Å². The fraction of sp³-hybridized carbons (Fsp3) is 0.400. The summed E-state index contributed by atoms with van der Waals surface area (Å²) in [7, 11) is 0. The molecule has 0 radical (unpaired) electrons. The molecule has 1 saturated heterocycles. The molecule has 5 heterocycles. The van der Waals surface area contributed by atoms with E-state index in [4.69, 9.17) is 15.7 Å². The average Bonchev–Trinajstić information content (AvgIpc) is 3.72. The summed E-state index contributed by atoms with van der Waals surface area (Å²) in [5.74, 6) is 0.292. The van der Waals surface area contributed by atoms with Crippen molar-refractivity contribution < 1.29 is 13.2 Å². The van der Waals surface area contributed by atoms with Crippen LogP contribution in [0, 0.1) is 23.5 Å². The highest BCUT2D eigenvalue weighted by atomic mass is 19.1. The molecule has 11 heteroatoms. The molecule has 6 rings (SSSR count). The molecule has 2 aromatic heterocycles. The molecule has 2 fully saturated rings. The normalized spacial score (nSPS) is 27.7. The van der Waals surface area contributed by atoms with Crippen LogP contribution in [-0.4, -0.2) is 64.1 Å². The third kappa shape index (κ3) is 4.39. The molecule has 4 unspecified atom stereocenters. The van der Waals surface area contributed by atoms with Crippen LogP contribution in [0.5, 0.6) is 0 Å². The topological polar surface area (TPSA) is 104 Å². The molecule has 36 heavy (non-hydrogen) atoms. The number of halogens is 3. The van der Waals surface area contributed by atoms with Crippen LogP contribution in [-0.2, 0) is 0 Å². The van der Waals surface area contributed by atoms with E-state index in [0.29, 0.717) is 42.6 Å². The number of nitrogens with two attached hydrogens (primary N) is 1. The van der Waals surface area contributed by atoms with E-state index in [1.54, 1.807) is 18.3 Å². The van der Waals surface area contributed by atoms with Gasteiger partial charge in [-0.05, 0) is 42.9 Å². The number of aliphatic imine (C=N–C) groups is 3. The second kappa shape index (κ2) is 9.12. The van der Waals surface area contributed by atoms with E-state index in [1.807, 2.05) is 12.4 Å². The van der Waals surface area contributed by atoms with Crippen molar-refractivity contribution >= 4 is 29.5 Å². The average molecular weight is 495 g/mol. The molecule has 1 saturated carbocycles. The van der Waals surface area contributed by atoms with Crippen LogP contribution in [0.2, 0.25) is 0 Å². The summed E-state index contributed by atoms with van der Waals surface area (Å²) in [5.41, 5.74) is 7.97. The number of anilines is 2. The minimum Gasteiger partial charge on any atom is -0.358 e. The van der Waals surface area contributed by atoms with Crippen LogP contribution < -0.4 is 11.1 Å². The van der Waals surface area contributed by atoms with Gasteiger partial charge in [0.05, 0.1) is 18.2 Å². The molecule has 3 aliphatic heterocycles. The van der Waals surface area contributed by atoms with Gasteiger partial charge in [0.2, 0.25) is 0 Å². The molecule has 3 N–H and O–H groups in total. The first-order valence-electron chi connectivity index (χ1n) is 12.0. The molecule has 4 atom stereocenters. The maximum Gasteiger partial charge on any atom is 0.168 e. The number of nitrogens with one attached hydrogen (secondary N) is 1. The van der Waals surface area contributed by atoms with Crippen molar-refractivity contribution in [2.45, 2.75) is 37.5 Å². The smallest absolute Gasteiger partial charge is 0.168 e. The lowest BCUT2D eigenvalue weighted by Crippen LogP contribution is -2.55. The third-order valence-electron chi connectivity index (χ3n) is 6.95. The summed E-state index contributed by atoms with van der Waals surface area (Å²) in [6.07, 6.45) is 7.78. The summed E-state index contributed by atoms with van der Waals surface area (Å²) < 4.78 is 41.5. The Morgan fingerprint density at radius 1 is 1.11 bits per heavy atom. The summed E-state index contributed by atoms with van der Waals surface area (Å²) in [6, 6.07) is 3.37. The number of amidine groups is 2. The first kappa shape index (κ1) is 22.8. The van der Waals surface area contributed by atoms with E-state index < -0.39 is 23.8 Å². The van der Waals surface area contributed by atoms with Crippen molar-refractivity contribution in [3.63, 3.8) is 0 Å². The first-order chi connectivity index (χ1) is 17.5. The Hall–Kier alpha value is -3.60. The largest absolute Gasteiger partial charge is 0.358 e. The van der Waals surface area contributed by atoms with Crippen molar-refractivity contribution in [3.8, 4) is 0 Å². The summed E-state index contributed by atoms with van der Waals surface area (Å²) in [4.78, 5) is 24.4. The molecule has 0 aromatic carbocycles. The van der Waals surface area contributed by atoms with Gasteiger partial charge in [-0.25, -0.2) is 28.1 Å². The lowest BCUT2D eigenvalue weighted by atomic mass is 9.84. The summed E-state index contributed by atoms with van der Waals surface area (Å²) in [6.45, 7) is 0.905. The number of alkyl halides is 1. The van der Waals surface area contributed by atoms with E-state index in [0.717, 1.165) is 30.9 Å². The van der Waals surface area contributed by atoms with Gasteiger partial charge in [-0.2, -0.15) is 0 Å². The quantitative estimate of drug-likeness (QED) is 0.678. The number of nitrogens with zero attached hydrogens (tertiary/aromatic N) is 6. The van der Waals surface area contributed by atoms with E-state index in [9.17, 15) is 13.2 Å². The Labute approximate surface area is 206 Å². The van der Waals surface area contributed by atoms with Crippen molar-refractivity contribution in [1.82, 2.24) is 14.9 Å². The number of rotatable bonds is 4. The molecule has 4 aliphatic rings. The standard InChI is InChI=1S/C25H25F3N8/c26-15-8-18(28)24(32-9-15)34-21-7-14(3-5-31-21)23-33-20-11-30-10-16(13-1-2-13)22(20)25(35-23)36-6-4-17(27)19(29)12-36/h3,5,7-11,13,17,19-20,22H,1-2,4,6,12,29H2,(H,31,32,34). The molecular weight excluding hydrogens is 469 g/mol. The molecule has 2 aromatic rings. The third-order valence-corrected chi connectivity index (χ3v) is 6.95. The molecule has 1 aliphatic carbocycles. The number of hydrogen-bond donors (Lipinski definition) is 2. The SMILES string of the molecule is NC1CN(C2=NC(c3ccnc(Nc4ncc(F)cc4F)c3)=NC3C=NC=C(C4CC4)C23)CCC1F. The zero-order chi connectivity index (χ0) is 24.8. The fourth-order valence-corrected chi connectivity index (χ4v) is 4.95. The van der Waals surface area contributed by atoms with Gasteiger partial charge in [0.1, 0.15) is 29.7 Å². The van der Waals surface area contributed by atoms with Crippen molar-refractivity contribution in [2.24, 2.45) is 32.5 Å². The number of aromatic nitrogens is 2. The molecule has 0 bridgehead atoms. The predicted molar refractivity (Wildman–Crippen MR) is 131 cm³/mol. The van der Waals surface area contributed by atoms with Crippen molar-refractivity contribution in [2.75, 3.05) is 18.4 Å². The fourth-order valence-electron chi connectivity index (χ4n) is 4.95. The second-order valence-corrected chi connectivity index (χ2v) is 9.55. The minimum atomic E-state index is -1.03. The van der Waals surface area contributed by atoms with Gasteiger partial charge in [0.15, 0.2) is 17.5 Å². The Balaban J connectivity index is 1.34. The number of likely N-dealkylation sites (tertiary alicyclic amines) is 1. The number of piperidine rings is 1. The van der Waals surface area contributed by atoms with Crippen LogP contribution in [0.1, 0.15) is 24.8 Å². The Bertz CT molecular complexity index is 1300. The molecule has 186 valence electrons. The van der Waals surface area contributed by atoms with E-state index >= 15 is 0 Å². The highest BCUT2D eigenvalue weighted by Gasteiger charge is 2.43. The van der Waals surface area contributed by atoms with Crippen LogP contribution in [0.15, 0.2) is 57.3 Å². The number of fused-ring (bicyclic) bond motifs is 1. The highest BCUT2D eigenvalue weighted by Crippen LogP contribution is 2.44. The zero-order valence-corrected chi connectivity index (χ0v) is 19.4. The summed E-state index contributed by atoms with van der Waals surface area (Å²) >= 11 is 0. The highest BCUT2D eigenvalue weighted by molar-refractivity contribution is 6.11. The Morgan fingerprint density at radius 2 is 1.97 bits per heavy atom. The lowest BCUT2D eigenvalue weighted by Gasteiger charge is -2.41. The van der Waals surface area contributed by atoms with Crippen molar-refractivity contribution in [1.29, 1.82) is 0 Å². The van der Waals surface area contributed by atoms with Gasteiger partial charge >= 0.3 is 0 Å². The van der Waals surface area contributed by atoms with Crippen LogP contribution in [0.25, 0.3) is 0 Å². The van der Waals surface area contributed by atoms with Gasteiger partial charge in [0, 0.05) is 43.3 Å². The first-order valence-corrected chi connectivity index (χ1v) is 12.0. The van der Waals surface area contributed by atoms with E-state index in [2.05, 4.69) is 25.2 Å². The Kier molecular flexibility index (Phi) is 5.79. The van der Waals surface area contributed by atoms with Gasteiger partial charge in [-0.3, -0.25) is 9.98 Å². The number of pyridine rings is 2. The zero-order valence-electron chi connectivity index (χ0n) is 19.4.